The van der Waals surface area contributed by atoms with Crippen molar-refractivity contribution in [2.75, 3.05) is 0 Å². The first-order valence-electron chi connectivity index (χ1n) is 5.61. The van der Waals surface area contributed by atoms with Crippen molar-refractivity contribution in [3.63, 3.8) is 0 Å². The quantitative estimate of drug-likeness (QED) is 0.659. The molecule has 0 amide bonds. The van der Waals surface area contributed by atoms with Crippen LogP contribution in [-0.2, 0) is 0 Å². The maximum Gasteiger partial charge on any atom is 0.0698 e. The highest BCUT2D eigenvalue weighted by atomic mass is 14.7. The Morgan fingerprint density at radius 3 is 2.80 bits per heavy atom. The zero-order chi connectivity index (χ0) is 10.4. The predicted octanol–water partition coefficient (Wildman–Crippen LogP) is 3.65. The molecule has 1 aromatic rings. The van der Waals surface area contributed by atoms with Crippen molar-refractivity contribution in [3.8, 4) is 0 Å². The van der Waals surface area contributed by atoms with Gasteiger partial charge in [0, 0.05) is 6.20 Å². The molecular formula is C14H15N. The lowest BCUT2D eigenvalue weighted by molar-refractivity contribution is 0.713. The molecule has 2 unspecified atom stereocenters. The predicted molar refractivity (Wildman–Crippen MR) is 62.8 cm³/mol. The Morgan fingerprint density at radius 2 is 2.07 bits per heavy atom. The first-order chi connectivity index (χ1) is 7.29. The third-order valence-electron chi connectivity index (χ3n) is 3.86. The van der Waals surface area contributed by atoms with E-state index >= 15 is 0 Å². The Balaban J connectivity index is 2.08. The van der Waals surface area contributed by atoms with Crippen LogP contribution >= 0.6 is 0 Å². The maximum absolute atomic E-state index is 4.47. The highest BCUT2D eigenvalue weighted by molar-refractivity contribution is 5.69. The summed E-state index contributed by atoms with van der Waals surface area (Å²) in [6.45, 7) is 7.69. The smallest absolute Gasteiger partial charge is 0.0698 e. The molecule has 0 saturated heterocycles. The molecular weight excluding hydrogens is 182 g/mol. The van der Waals surface area contributed by atoms with Gasteiger partial charge in [-0.3, -0.25) is 4.98 Å². The minimum atomic E-state index is 0.795. The number of fused-ring (bicyclic) bond motifs is 5. The fourth-order valence-electron chi connectivity index (χ4n) is 3.00. The number of nitrogens with zero attached hydrogens (tertiary/aromatic N) is 1. The summed E-state index contributed by atoms with van der Waals surface area (Å²) in [7, 11) is 0. The van der Waals surface area contributed by atoms with E-state index in [4.69, 9.17) is 0 Å². The van der Waals surface area contributed by atoms with Gasteiger partial charge >= 0.3 is 0 Å². The average Bonchev–Trinajstić information content (AvgIpc) is 2.88. The number of pyridine rings is 1. The Kier molecular flexibility index (Phi) is 1.82. The summed E-state index contributed by atoms with van der Waals surface area (Å²) in [4.78, 5) is 4.47. The van der Waals surface area contributed by atoms with E-state index in [0.717, 1.165) is 23.1 Å². The molecule has 3 rings (SSSR count). The van der Waals surface area contributed by atoms with E-state index in [-0.39, 0.29) is 0 Å². The number of hydrogen-bond donors (Lipinski definition) is 0. The highest BCUT2D eigenvalue weighted by Gasteiger charge is 2.37. The fraction of sp³-hybridized carbons (Fsp3) is 0.357. The van der Waals surface area contributed by atoms with E-state index in [0.29, 0.717) is 0 Å². The standard InChI is InChI=1S/C14H15N/c1-3-9(2)14-7-12-10-4-5-11(6-10)13(12)8-15-14/h3,7-8,10-11H,1-2,4-6H2. The van der Waals surface area contributed by atoms with Gasteiger partial charge in [0.1, 0.15) is 0 Å². The molecule has 1 heterocycles. The maximum atomic E-state index is 4.47. The lowest BCUT2D eigenvalue weighted by Crippen LogP contribution is -2.00. The summed E-state index contributed by atoms with van der Waals surface area (Å²) in [5, 5.41) is 0. The van der Waals surface area contributed by atoms with Crippen molar-refractivity contribution in [1.29, 1.82) is 0 Å². The van der Waals surface area contributed by atoms with Crippen LogP contribution in [0.5, 0.6) is 0 Å². The zero-order valence-corrected chi connectivity index (χ0v) is 8.87. The molecule has 1 fully saturated rings. The summed E-state index contributed by atoms with van der Waals surface area (Å²) >= 11 is 0. The van der Waals surface area contributed by atoms with E-state index in [1.807, 2.05) is 0 Å². The molecule has 0 N–H and O–H groups in total. The van der Waals surface area contributed by atoms with Crippen LogP contribution in [0.3, 0.4) is 0 Å². The minimum Gasteiger partial charge on any atom is -0.256 e. The SMILES string of the molecule is C=CC(=C)c1cc2c(cn1)C1CCC2C1. The van der Waals surface area contributed by atoms with Crippen LogP contribution in [0.1, 0.15) is 47.9 Å². The zero-order valence-electron chi connectivity index (χ0n) is 8.87. The second kappa shape index (κ2) is 3.06. The summed E-state index contributed by atoms with van der Waals surface area (Å²) in [5.41, 5.74) is 4.95. The van der Waals surface area contributed by atoms with Crippen LogP contribution in [0.2, 0.25) is 0 Å². The first kappa shape index (κ1) is 8.90. The summed E-state index contributed by atoms with van der Waals surface area (Å²) in [5.74, 6) is 1.59. The second-order valence-corrected chi connectivity index (χ2v) is 4.63. The Bertz CT molecular complexity index is 445. The van der Waals surface area contributed by atoms with E-state index < -0.39 is 0 Å². The third kappa shape index (κ3) is 1.19. The molecule has 1 aromatic heterocycles. The van der Waals surface area contributed by atoms with Crippen LogP contribution in [-0.4, -0.2) is 4.98 Å². The van der Waals surface area contributed by atoms with Gasteiger partial charge < -0.3 is 0 Å². The van der Waals surface area contributed by atoms with E-state index in [1.165, 1.54) is 30.4 Å². The van der Waals surface area contributed by atoms with Crippen LogP contribution in [0.4, 0.5) is 0 Å². The molecule has 0 spiro atoms. The van der Waals surface area contributed by atoms with Gasteiger partial charge in [0.25, 0.3) is 0 Å². The number of rotatable bonds is 2. The Morgan fingerprint density at radius 1 is 1.33 bits per heavy atom. The lowest BCUT2D eigenvalue weighted by atomic mass is 9.92. The molecule has 2 bridgehead atoms. The van der Waals surface area contributed by atoms with Gasteiger partial charge in [0.2, 0.25) is 0 Å². The van der Waals surface area contributed by atoms with Crippen molar-refractivity contribution in [3.05, 3.63) is 48.3 Å². The van der Waals surface area contributed by atoms with Gasteiger partial charge in [-0.25, -0.2) is 0 Å². The normalized spacial score (nSPS) is 26.4. The van der Waals surface area contributed by atoms with Gasteiger partial charge in [-0.05, 0) is 53.9 Å². The van der Waals surface area contributed by atoms with Gasteiger partial charge in [0.15, 0.2) is 0 Å². The largest absolute Gasteiger partial charge is 0.256 e. The topological polar surface area (TPSA) is 12.9 Å². The summed E-state index contributed by atoms with van der Waals surface area (Å²) < 4.78 is 0. The third-order valence-corrected chi connectivity index (χ3v) is 3.86. The molecule has 76 valence electrons. The number of aromatic nitrogens is 1. The van der Waals surface area contributed by atoms with Crippen LogP contribution in [0.15, 0.2) is 31.5 Å². The van der Waals surface area contributed by atoms with Crippen molar-refractivity contribution < 1.29 is 0 Å². The van der Waals surface area contributed by atoms with E-state index in [1.54, 1.807) is 6.08 Å². The molecule has 2 atom stereocenters. The molecule has 0 aromatic carbocycles. The van der Waals surface area contributed by atoms with Crippen molar-refractivity contribution in [1.82, 2.24) is 4.98 Å². The van der Waals surface area contributed by atoms with E-state index in [9.17, 15) is 0 Å². The summed E-state index contributed by atoms with van der Waals surface area (Å²) in [6.07, 6.45) is 7.91. The first-order valence-corrected chi connectivity index (χ1v) is 5.61. The molecule has 0 radical (unpaired) electrons. The fourth-order valence-corrected chi connectivity index (χ4v) is 3.00. The molecule has 0 aliphatic heterocycles. The van der Waals surface area contributed by atoms with Crippen LogP contribution in [0.25, 0.3) is 5.57 Å². The van der Waals surface area contributed by atoms with Crippen molar-refractivity contribution >= 4 is 5.57 Å². The average molecular weight is 197 g/mol. The monoisotopic (exact) mass is 197 g/mol. The molecule has 1 saturated carbocycles. The molecule has 15 heavy (non-hydrogen) atoms. The van der Waals surface area contributed by atoms with Crippen LogP contribution < -0.4 is 0 Å². The van der Waals surface area contributed by atoms with Gasteiger partial charge in [-0.1, -0.05) is 19.2 Å². The Labute approximate surface area is 90.5 Å². The van der Waals surface area contributed by atoms with Crippen molar-refractivity contribution in [2.45, 2.75) is 31.1 Å². The van der Waals surface area contributed by atoms with Gasteiger partial charge in [-0.2, -0.15) is 0 Å². The minimum absolute atomic E-state index is 0.795. The van der Waals surface area contributed by atoms with Gasteiger partial charge in [0.05, 0.1) is 5.69 Å². The number of hydrogen-bond acceptors (Lipinski definition) is 1. The molecule has 2 aliphatic carbocycles. The molecule has 1 nitrogen and oxygen atoms in total. The molecule has 1 heteroatoms. The number of allylic oxidation sites excluding steroid dienone is 2. The van der Waals surface area contributed by atoms with E-state index in [2.05, 4.69) is 30.4 Å². The second-order valence-electron chi connectivity index (χ2n) is 4.63. The highest BCUT2D eigenvalue weighted by Crippen LogP contribution is 2.52. The summed E-state index contributed by atoms with van der Waals surface area (Å²) in [6, 6.07) is 2.23. The van der Waals surface area contributed by atoms with Crippen LogP contribution in [0, 0.1) is 0 Å². The van der Waals surface area contributed by atoms with Crippen molar-refractivity contribution in [2.24, 2.45) is 0 Å². The van der Waals surface area contributed by atoms with Gasteiger partial charge in [-0.15, -0.1) is 0 Å². The molecule has 2 aliphatic rings. The Hall–Kier alpha value is -1.37. The lowest BCUT2D eigenvalue weighted by Gasteiger charge is -2.15.